The van der Waals surface area contributed by atoms with Crippen molar-refractivity contribution in [2.75, 3.05) is 4.90 Å². The topological polar surface area (TPSA) is 8.17 Å². The fourth-order valence-electron chi connectivity index (χ4n) is 7.49. The number of hydrogen-bond donors (Lipinski definition) is 0. The van der Waals surface area contributed by atoms with E-state index in [0.717, 1.165) is 22.7 Å². The largest absolute Gasteiger partial charge is 0.310 e. The minimum Gasteiger partial charge on any atom is -0.310 e. The zero-order chi connectivity index (χ0) is 32.3. The minimum atomic E-state index is 1.12. The van der Waals surface area contributed by atoms with Gasteiger partial charge < -0.3 is 9.47 Å². The molecule has 8 aromatic carbocycles. The second kappa shape index (κ2) is 11.2. The lowest BCUT2D eigenvalue weighted by Crippen LogP contribution is -2.10. The van der Waals surface area contributed by atoms with E-state index in [1.807, 2.05) is 11.3 Å². The SMILES string of the molecule is c1ccc(-c2ccc(N(c3ccc4c(c3)sc3ccccc34)c3ccc4c5ccc6ccccc6c5n(-c5ccccc5)c4c3)cc2)cc1. The van der Waals surface area contributed by atoms with Crippen LogP contribution < -0.4 is 4.90 Å². The molecule has 0 amide bonds. The second-order valence-electron chi connectivity index (χ2n) is 12.6. The van der Waals surface area contributed by atoms with Gasteiger partial charge in [-0.05, 0) is 71.1 Å². The van der Waals surface area contributed by atoms with Crippen LogP contribution in [0, 0.1) is 0 Å². The summed E-state index contributed by atoms with van der Waals surface area (Å²) in [7, 11) is 0. The van der Waals surface area contributed by atoms with Gasteiger partial charge in [0.2, 0.25) is 0 Å². The molecule has 10 rings (SSSR count). The molecule has 10 aromatic rings. The van der Waals surface area contributed by atoms with Gasteiger partial charge in [0.1, 0.15) is 0 Å². The van der Waals surface area contributed by atoms with Crippen molar-refractivity contribution in [3.05, 3.63) is 182 Å². The predicted octanol–water partition coefficient (Wildman–Crippen LogP) is 13.4. The van der Waals surface area contributed by atoms with Crippen LogP contribution in [0.3, 0.4) is 0 Å². The Hall–Kier alpha value is -6.16. The molecule has 0 saturated carbocycles. The van der Waals surface area contributed by atoms with Crippen LogP contribution >= 0.6 is 11.3 Å². The van der Waals surface area contributed by atoms with E-state index in [2.05, 4.69) is 191 Å². The molecule has 0 atom stereocenters. The lowest BCUT2D eigenvalue weighted by molar-refractivity contribution is 1.18. The zero-order valence-electron chi connectivity index (χ0n) is 26.6. The van der Waals surface area contributed by atoms with Crippen LogP contribution in [0.5, 0.6) is 0 Å². The number of hydrogen-bond acceptors (Lipinski definition) is 2. The first-order valence-corrected chi connectivity index (χ1v) is 17.5. The van der Waals surface area contributed by atoms with Crippen LogP contribution in [0.1, 0.15) is 0 Å². The fraction of sp³-hybridized carbons (Fsp3) is 0. The molecule has 2 heterocycles. The van der Waals surface area contributed by atoms with Crippen LogP contribution in [0.25, 0.3) is 69.6 Å². The third-order valence-corrected chi connectivity index (χ3v) is 10.9. The van der Waals surface area contributed by atoms with Crippen molar-refractivity contribution in [3.63, 3.8) is 0 Å². The van der Waals surface area contributed by atoms with Gasteiger partial charge in [0.25, 0.3) is 0 Å². The monoisotopic (exact) mass is 642 g/mol. The molecule has 0 radical (unpaired) electrons. The van der Waals surface area contributed by atoms with Gasteiger partial charge in [-0.1, -0.05) is 127 Å². The van der Waals surface area contributed by atoms with Gasteiger partial charge in [-0.25, -0.2) is 0 Å². The van der Waals surface area contributed by atoms with Crippen LogP contribution in [-0.2, 0) is 0 Å². The molecule has 0 fully saturated rings. The highest BCUT2D eigenvalue weighted by Gasteiger charge is 2.20. The van der Waals surface area contributed by atoms with E-state index < -0.39 is 0 Å². The van der Waals surface area contributed by atoms with Crippen LogP contribution in [-0.4, -0.2) is 4.57 Å². The molecular formula is C46H30N2S. The summed E-state index contributed by atoms with van der Waals surface area (Å²) in [5, 5.41) is 7.61. The van der Waals surface area contributed by atoms with Crippen LogP contribution in [0.4, 0.5) is 17.1 Å². The Labute approximate surface area is 288 Å². The molecular weight excluding hydrogens is 613 g/mol. The predicted molar refractivity (Wildman–Crippen MR) is 211 cm³/mol. The highest BCUT2D eigenvalue weighted by Crippen LogP contribution is 2.44. The molecule has 2 nitrogen and oxygen atoms in total. The number of fused-ring (bicyclic) bond motifs is 8. The minimum absolute atomic E-state index is 1.12. The second-order valence-corrected chi connectivity index (χ2v) is 13.7. The third kappa shape index (κ3) is 4.55. The Kier molecular flexibility index (Phi) is 6.39. The maximum atomic E-state index is 2.45. The normalized spacial score (nSPS) is 11.7. The van der Waals surface area contributed by atoms with E-state index in [4.69, 9.17) is 0 Å². The van der Waals surface area contributed by atoms with E-state index in [-0.39, 0.29) is 0 Å². The number of thiophene rings is 1. The van der Waals surface area contributed by atoms with Gasteiger partial charge in [-0.2, -0.15) is 0 Å². The molecule has 230 valence electrons. The lowest BCUT2D eigenvalue weighted by Gasteiger charge is -2.26. The Morgan fingerprint density at radius 2 is 0.980 bits per heavy atom. The summed E-state index contributed by atoms with van der Waals surface area (Å²) >= 11 is 1.86. The molecule has 0 spiro atoms. The molecule has 0 aliphatic carbocycles. The summed E-state index contributed by atoms with van der Waals surface area (Å²) < 4.78 is 5.05. The van der Waals surface area contributed by atoms with Gasteiger partial charge >= 0.3 is 0 Å². The van der Waals surface area contributed by atoms with Crippen molar-refractivity contribution >= 4 is 81.1 Å². The highest BCUT2D eigenvalue weighted by atomic mass is 32.1. The number of aromatic nitrogens is 1. The first-order chi connectivity index (χ1) is 24.3. The summed E-state index contributed by atoms with van der Waals surface area (Å²) in [6.07, 6.45) is 0. The molecule has 0 N–H and O–H groups in total. The maximum absolute atomic E-state index is 2.45. The number of anilines is 3. The van der Waals surface area contributed by atoms with Gasteiger partial charge in [0, 0.05) is 59.1 Å². The summed E-state index contributed by atoms with van der Waals surface area (Å²) in [4.78, 5) is 2.41. The molecule has 2 aromatic heterocycles. The zero-order valence-corrected chi connectivity index (χ0v) is 27.4. The number of para-hydroxylation sites is 1. The average Bonchev–Trinajstić information content (AvgIpc) is 3.71. The van der Waals surface area contributed by atoms with Gasteiger partial charge in [-0.3, -0.25) is 0 Å². The van der Waals surface area contributed by atoms with E-state index in [0.29, 0.717) is 0 Å². The van der Waals surface area contributed by atoms with E-state index in [9.17, 15) is 0 Å². The summed E-state index contributed by atoms with van der Waals surface area (Å²) in [6, 6.07) is 66.2. The molecule has 0 unspecified atom stereocenters. The Morgan fingerprint density at radius 1 is 0.388 bits per heavy atom. The molecule has 0 bridgehead atoms. The van der Waals surface area contributed by atoms with E-state index in [1.54, 1.807) is 0 Å². The van der Waals surface area contributed by atoms with Crippen LogP contribution in [0.15, 0.2) is 182 Å². The van der Waals surface area contributed by atoms with Gasteiger partial charge in [0.05, 0.1) is 11.0 Å². The number of rotatable bonds is 5. The van der Waals surface area contributed by atoms with E-state index >= 15 is 0 Å². The highest BCUT2D eigenvalue weighted by molar-refractivity contribution is 7.25. The van der Waals surface area contributed by atoms with Gasteiger partial charge in [-0.15, -0.1) is 11.3 Å². The smallest absolute Gasteiger partial charge is 0.0619 e. The molecule has 0 aliphatic heterocycles. The number of benzene rings is 8. The molecule has 3 heteroatoms. The Balaban J connectivity index is 1.23. The lowest BCUT2D eigenvalue weighted by atomic mass is 10.0. The summed E-state index contributed by atoms with van der Waals surface area (Å²) in [5.41, 5.74) is 9.37. The van der Waals surface area contributed by atoms with Gasteiger partial charge in [0.15, 0.2) is 0 Å². The Morgan fingerprint density at radius 3 is 1.80 bits per heavy atom. The number of nitrogens with zero attached hydrogens (tertiary/aromatic N) is 2. The first kappa shape index (κ1) is 27.9. The molecule has 0 aliphatic rings. The molecule has 0 saturated heterocycles. The average molecular weight is 643 g/mol. The van der Waals surface area contributed by atoms with E-state index in [1.165, 1.54) is 63.9 Å². The quantitative estimate of drug-likeness (QED) is 0.181. The fourth-order valence-corrected chi connectivity index (χ4v) is 8.62. The van der Waals surface area contributed by atoms with Crippen molar-refractivity contribution in [1.82, 2.24) is 4.57 Å². The van der Waals surface area contributed by atoms with Crippen molar-refractivity contribution in [1.29, 1.82) is 0 Å². The first-order valence-electron chi connectivity index (χ1n) is 16.7. The van der Waals surface area contributed by atoms with Crippen LogP contribution in [0.2, 0.25) is 0 Å². The Bertz CT molecular complexity index is 2810. The van der Waals surface area contributed by atoms with Crippen molar-refractivity contribution in [3.8, 4) is 16.8 Å². The standard InChI is InChI=1S/C46H30N2S/c1-3-11-31(12-4-1)32-19-22-35(23-20-32)47(37-25-28-41-40-17-9-10-18-44(40)49-45(41)30-37)36-24-27-39-42-26-21-33-13-7-8-16-38(33)46(42)48(43(39)29-36)34-14-5-2-6-15-34/h1-30H. The summed E-state index contributed by atoms with van der Waals surface area (Å²) in [5.74, 6) is 0. The third-order valence-electron chi connectivity index (χ3n) is 9.76. The molecule has 49 heavy (non-hydrogen) atoms. The van der Waals surface area contributed by atoms with Crippen molar-refractivity contribution in [2.45, 2.75) is 0 Å². The van der Waals surface area contributed by atoms with Crippen molar-refractivity contribution in [2.24, 2.45) is 0 Å². The maximum Gasteiger partial charge on any atom is 0.0619 e. The summed E-state index contributed by atoms with van der Waals surface area (Å²) in [6.45, 7) is 0. The van der Waals surface area contributed by atoms with Crippen molar-refractivity contribution < 1.29 is 0 Å².